The molecule has 2 heterocycles. The van der Waals surface area contributed by atoms with Crippen molar-refractivity contribution in [2.75, 3.05) is 13.7 Å². The average molecular weight is 497 g/mol. The molecule has 0 fully saturated rings. The summed E-state index contributed by atoms with van der Waals surface area (Å²) in [6.07, 6.45) is 1.43. The summed E-state index contributed by atoms with van der Waals surface area (Å²) >= 11 is 0. The van der Waals surface area contributed by atoms with Gasteiger partial charge in [0, 0.05) is 48.0 Å². The number of furan rings is 1. The Morgan fingerprint density at radius 3 is 2.67 bits per heavy atom. The van der Waals surface area contributed by atoms with Gasteiger partial charge in [-0.05, 0) is 42.8 Å². The maximum absolute atomic E-state index is 15.2. The Balaban J connectivity index is 1.72. The van der Waals surface area contributed by atoms with E-state index in [1.54, 1.807) is 26.2 Å². The molecule has 9 heteroatoms. The van der Waals surface area contributed by atoms with Gasteiger partial charge < -0.3 is 24.4 Å². The summed E-state index contributed by atoms with van der Waals surface area (Å²) < 4.78 is 51.2. The maximum atomic E-state index is 15.2. The van der Waals surface area contributed by atoms with Crippen molar-refractivity contribution in [1.29, 1.82) is 0 Å². The van der Waals surface area contributed by atoms with E-state index in [-0.39, 0.29) is 49.8 Å². The second-order valence-electron chi connectivity index (χ2n) is 8.05. The van der Waals surface area contributed by atoms with Gasteiger partial charge in [0.25, 0.3) is 0 Å². The highest BCUT2D eigenvalue weighted by Gasteiger charge is 2.18. The summed E-state index contributed by atoms with van der Waals surface area (Å²) in [5.41, 5.74) is 8.21. The first-order valence-corrected chi connectivity index (χ1v) is 11.4. The smallest absolute Gasteiger partial charge is 0.310 e. The quantitative estimate of drug-likeness (QED) is 0.307. The molecule has 7 nitrogen and oxygen atoms in total. The Morgan fingerprint density at radius 1 is 1.08 bits per heavy atom. The van der Waals surface area contributed by atoms with Gasteiger partial charge in [-0.15, -0.1) is 0 Å². The number of benzene rings is 2. The standard InChI is InChI=1S/C27H26F2N2O5/c1-3-34-25(32)11-17-4-5-19(28)12-24(17)35-14-16-8-18-10-20(15-33-2)36-27(18)22(9-16)21-6-7-31-23(13-30)26(21)29/h4-10,12H,3,11,13-15,30H2,1-2H3. The fourth-order valence-corrected chi connectivity index (χ4v) is 3.94. The second-order valence-corrected chi connectivity index (χ2v) is 8.05. The van der Waals surface area contributed by atoms with Crippen LogP contribution >= 0.6 is 0 Å². The molecule has 2 aromatic heterocycles. The summed E-state index contributed by atoms with van der Waals surface area (Å²) in [7, 11) is 1.55. The molecule has 0 saturated carbocycles. The van der Waals surface area contributed by atoms with Crippen LogP contribution in [0.5, 0.6) is 5.75 Å². The van der Waals surface area contributed by atoms with Crippen molar-refractivity contribution >= 4 is 16.9 Å². The van der Waals surface area contributed by atoms with Crippen molar-refractivity contribution in [2.24, 2.45) is 5.73 Å². The van der Waals surface area contributed by atoms with Gasteiger partial charge in [-0.1, -0.05) is 6.07 Å². The van der Waals surface area contributed by atoms with Gasteiger partial charge in [0.2, 0.25) is 0 Å². The molecule has 0 aliphatic carbocycles. The number of hydrogen-bond donors (Lipinski definition) is 1. The number of pyridine rings is 1. The molecule has 0 aliphatic rings. The van der Waals surface area contributed by atoms with Gasteiger partial charge in [0.1, 0.15) is 36.1 Å². The SMILES string of the molecule is CCOC(=O)Cc1ccc(F)cc1OCc1cc(-c2ccnc(CN)c2F)c2oc(COC)cc2c1. The molecule has 0 spiro atoms. The van der Waals surface area contributed by atoms with Gasteiger partial charge in [-0.3, -0.25) is 9.78 Å². The minimum absolute atomic E-state index is 0.0312. The molecule has 0 unspecified atom stereocenters. The molecule has 36 heavy (non-hydrogen) atoms. The Bertz CT molecular complexity index is 1390. The molecule has 0 saturated heterocycles. The minimum Gasteiger partial charge on any atom is -0.488 e. The summed E-state index contributed by atoms with van der Waals surface area (Å²) in [5.74, 6) is -0.683. The van der Waals surface area contributed by atoms with Crippen molar-refractivity contribution in [3.63, 3.8) is 0 Å². The number of carbonyl (C=O) groups is 1. The highest BCUT2D eigenvalue weighted by molar-refractivity contribution is 5.93. The fraction of sp³-hybridized carbons (Fsp3) is 0.259. The third kappa shape index (κ3) is 5.53. The number of esters is 1. The number of nitrogens with zero attached hydrogens (tertiary/aromatic N) is 1. The van der Waals surface area contributed by atoms with Crippen LogP contribution in [0.2, 0.25) is 0 Å². The number of aromatic nitrogens is 1. The lowest BCUT2D eigenvalue weighted by atomic mass is 10.00. The number of methoxy groups -OCH3 is 1. The molecule has 0 aliphatic heterocycles. The molecule has 4 aromatic rings. The fourth-order valence-electron chi connectivity index (χ4n) is 3.94. The van der Waals surface area contributed by atoms with E-state index in [1.807, 2.05) is 12.1 Å². The monoisotopic (exact) mass is 496 g/mol. The van der Waals surface area contributed by atoms with Crippen LogP contribution in [-0.2, 0) is 40.4 Å². The van der Waals surface area contributed by atoms with Gasteiger partial charge in [-0.25, -0.2) is 8.78 Å². The molecular formula is C27H26F2N2O5. The van der Waals surface area contributed by atoms with Crippen molar-refractivity contribution in [2.45, 2.75) is 33.1 Å². The number of hydrogen-bond acceptors (Lipinski definition) is 7. The van der Waals surface area contributed by atoms with Crippen molar-refractivity contribution in [3.8, 4) is 16.9 Å². The van der Waals surface area contributed by atoms with E-state index in [2.05, 4.69) is 4.98 Å². The van der Waals surface area contributed by atoms with Crippen LogP contribution in [0.1, 0.15) is 29.5 Å². The topological polar surface area (TPSA) is 96.8 Å². The van der Waals surface area contributed by atoms with Crippen LogP contribution in [-0.4, -0.2) is 24.7 Å². The van der Waals surface area contributed by atoms with Gasteiger partial charge in [0.15, 0.2) is 5.82 Å². The largest absolute Gasteiger partial charge is 0.488 e. The molecule has 4 rings (SSSR count). The number of nitrogens with two attached hydrogens (primary N) is 1. The molecular weight excluding hydrogens is 470 g/mol. The predicted molar refractivity (Wildman–Crippen MR) is 129 cm³/mol. The van der Waals surface area contributed by atoms with Gasteiger partial charge in [0.05, 0.1) is 18.7 Å². The third-order valence-corrected chi connectivity index (χ3v) is 5.52. The zero-order valence-corrected chi connectivity index (χ0v) is 20.0. The van der Waals surface area contributed by atoms with Crippen molar-refractivity contribution in [1.82, 2.24) is 4.98 Å². The Labute approximate surface area is 206 Å². The first-order valence-electron chi connectivity index (χ1n) is 11.4. The lowest BCUT2D eigenvalue weighted by Gasteiger charge is -2.13. The summed E-state index contributed by atoms with van der Waals surface area (Å²) in [4.78, 5) is 16.0. The van der Waals surface area contributed by atoms with Crippen LogP contribution in [0.3, 0.4) is 0 Å². The second kappa shape index (κ2) is 11.3. The van der Waals surface area contributed by atoms with Crippen LogP contribution in [0.4, 0.5) is 8.78 Å². The molecule has 0 atom stereocenters. The minimum atomic E-state index is -0.536. The van der Waals surface area contributed by atoms with E-state index in [0.717, 1.165) is 5.39 Å². The highest BCUT2D eigenvalue weighted by Crippen LogP contribution is 2.35. The highest BCUT2D eigenvalue weighted by atomic mass is 19.1. The number of halogens is 2. The molecule has 2 aromatic carbocycles. The number of carbonyl (C=O) groups excluding carboxylic acids is 1. The van der Waals surface area contributed by atoms with Gasteiger partial charge >= 0.3 is 5.97 Å². The van der Waals surface area contributed by atoms with Crippen molar-refractivity contribution in [3.05, 3.63) is 82.9 Å². The summed E-state index contributed by atoms with van der Waals surface area (Å²) in [6, 6.07) is 10.9. The van der Waals surface area contributed by atoms with E-state index in [4.69, 9.17) is 24.4 Å². The van der Waals surface area contributed by atoms with Crippen LogP contribution in [0.15, 0.2) is 53.1 Å². The number of fused-ring (bicyclic) bond motifs is 1. The van der Waals surface area contributed by atoms with Crippen LogP contribution < -0.4 is 10.5 Å². The Kier molecular flexibility index (Phi) is 7.92. The maximum Gasteiger partial charge on any atom is 0.310 e. The predicted octanol–water partition coefficient (Wildman–Crippen LogP) is 5.06. The molecule has 0 amide bonds. The average Bonchev–Trinajstić information content (AvgIpc) is 3.27. The first-order chi connectivity index (χ1) is 17.4. The normalized spacial score (nSPS) is 11.1. The molecule has 0 radical (unpaired) electrons. The summed E-state index contributed by atoms with van der Waals surface area (Å²) in [6.45, 7) is 2.17. The zero-order chi connectivity index (χ0) is 25.7. The Morgan fingerprint density at radius 2 is 1.92 bits per heavy atom. The molecule has 188 valence electrons. The van der Waals surface area contributed by atoms with E-state index in [1.165, 1.54) is 24.4 Å². The van der Waals surface area contributed by atoms with Crippen LogP contribution in [0, 0.1) is 11.6 Å². The van der Waals surface area contributed by atoms with E-state index < -0.39 is 17.6 Å². The van der Waals surface area contributed by atoms with E-state index >= 15 is 4.39 Å². The van der Waals surface area contributed by atoms with Crippen molar-refractivity contribution < 1.29 is 32.2 Å². The van der Waals surface area contributed by atoms with E-state index in [9.17, 15) is 9.18 Å². The summed E-state index contributed by atoms with van der Waals surface area (Å²) in [5, 5.41) is 0.717. The zero-order valence-electron chi connectivity index (χ0n) is 20.0. The van der Waals surface area contributed by atoms with Crippen LogP contribution in [0.25, 0.3) is 22.1 Å². The molecule has 0 bridgehead atoms. The number of rotatable bonds is 10. The lowest BCUT2D eigenvalue weighted by Crippen LogP contribution is -2.09. The third-order valence-electron chi connectivity index (χ3n) is 5.52. The lowest BCUT2D eigenvalue weighted by molar-refractivity contribution is -0.142. The first kappa shape index (κ1) is 25.3. The van der Waals surface area contributed by atoms with E-state index in [0.29, 0.717) is 28.0 Å². The molecule has 2 N–H and O–H groups in total. The number of ether oxygens (including phenoxy) is 3. The van der Waals surface area contributed by atoms with Gasteiger partial charge in [-0.2, -0.15) is 0 Å². The Hall–Kier alpha value is -3.82.